The summed E-state index contributed by atoms with van der Waals surface area (Å²) in [6, 6.07) is 7.15. The van der Waals surface area contributed by atoms with Gasteiger partial charge in [0.2, 0.25) is 0 Å². The zero-order valence-electron chi connectivity index (χ0n) is 12.2. The van der Waals surface area contributed by atoms with Gasteiger partial charge < -0.3 is 10.1 Å². The molecular formula is C17H25NO. The van der Waals surface area contributed by atoms with Crippen LogP contribution in [0.25, 0.3) is 0 Å². The Labute approximate surface area is 116 Å². The Morgan fingerprint density at radius 3 is 2.95 bits per heavy atom. The smallest absolute Gasteiger partial charge is 0.127 e. The van der Waals surface area contributed by atoms with Gasteiger partial charge in [-0.2, -0.15) is 0 Å². The molecule has 0 aromatic heterocycles. The predicted octanol–water partition coefficient (Wildman–Crippen LogP) is 3.85. The van der Waals surface area contributed by atoms with E-state index in [1.165, 1.54) is 42.6 Å². The molecule has 3 rings (SSSR count). The fourth-order valence-corrected chi connectivity index (χ4v) is 3.15. The second-order valence-electron chi connectivity index (χ2n) is 6.33. The Kier molecular flexibility index (Phi) is 3.53. The van der Waals surface area contributed by atoms with Gasteiger partial charge in [0.05, 0.1) is 6.61 Å². The van der Waals surface area contributed by atoms with Crippen LogP contribution >= 0.6 is 0 Å². The fraction of sp³-hybridized carbons (Fsp3) is 0.647. The van der Waals surface area contributed by atoms with E-state index in [0.29, 0.717) is 11.5 Å². The summed E-state index contributed by atoms with van der Waals surface area (Å²) < 4.78 is 6.00. The number of para-hydroxylation sites is 1. The minimum absolute atomic E-state index is 0.436. The molecule has 1 atom stereocenters. The summed E-state index contributed by atoms with van der Waals surface area (Å²) in [6.45, 7) is 6.60. The van der Waals surface area contributed by atoms with E-state index in [1.54, 1.807) is 0 Å². The van der Waals surface area contributed by atoms with Crippen LogP contribution in [0.2, 0.25) is 0 Å². The monoisotopic (exact) mass is 259 g/mol. The van der Waals surface area contributed by atoms with Gasteiger partial charge in [-0.05, 0) is 49.6 Å². The second-order valence-corrected chi connectivity index (χ2v) is 6.33. The summed E-state index contributed by atoms with van der Waals surface area (Å²) in [7, 11) is 0. The Morgan fingerprint density at radius 2 is 2.21 bits per heavy atom. The molecule has 1 aliphatic carbocycles. The molecule has 1 heterocycles. The number of ether oxygens (including phenoxy) is 1. The highest BCUT2D eigenvalue weighted by atomic mass is 16.5. The van der Waals surface area contributed by atoms with Gasteiger partial charge in [0.25, 0.3) is 0 Å². The molecule has 2 nitrogen and oxygen atoms in total. The lowest BCUT2D eigenvalue weighted by molar-refractivity contribution is 0.272. The van der Waals surface area contributed by atoms with Gasteiger partial charge in [-0.15, -0.1) is 0 Å². The molecular weight excluding hydrogens is 234 g/mol. The molecule has 0 spiro atoms. The van der Waals surface area contributed by atoms with Gasteiger partial charge in [-0.3, -0.25) is 0 Å². The molecule has 0 amide bonds. The zero-order chi connectivity index (χ0) is 13.3. The number of hydrogen-bond acceptors (Lipinski definition) is 2. The molecule has 19 heavy (non-hydrogen) atoms. The van der Waals surface area contributed by atoms with Crippen molar-refractivity contribution in [3.8, 4) is 5.75 Å². The van der Waals surface area contributed by atoms with Crippen molar-refractivity contribution in [2.45, 2.75) is 52.0 Å². The van der Waals surface area contributed by atoms with Gasteiger partial charge in [0, 0.05) is 11.6 Å². The standard InChI is InChI=1S/C17H25NO/c1-3-11-18-16(17(2)9-10-17)14-8-4-6-13-7-5-12-19-15(13)14/h4,6,8,16,18H,3,5,7,9-12H2,1-2H3. The van der Waals surface area contributed by atoms with Gasteiger partial charge >= 0.3 is 0 Å². The fourth-order valence-electron chi connectivity index (χ4n) is 3.15. The summed E-state index contributed by atoms with van der Waals surface area (Å²) in [5, 5.41) is 3.76. The van der Waals surface area contributed by atoms with E-state index in [-0.39, 0.29) is 0 Å². The van der Waals surface area contributed by atoms with Crippen LogP contribution in [0.4, 0.5) is 0 Å². The number of hydrogen-bond donors (Lipinski definition) is 1. The van der Waals surface area contributed by atoms with Crippen molar-refractivity contribution in [1.29, 1.82) is 0 Å². The topological polar surface area (TPSA) is 21.3 Å². The molecule has 1 fully saturated rings. The van der Waals surface area contributed by atoms with Crippen molar-refractivity contribution < 1.29 is 4.74 Å². The van der Waals surface area contributed by atoms with Crippen molar-refractivity contribution in [3.63, 3.8) is 0 Å². The second kappa shape index (κ2) is 5.16. The predicted molar refractivity (Wildman–Crippen MR) is 78.6 cm³/mol. The van der Waals surface area contributed by atoms with Crippen LogP contribution < -0.4 is 10.1 Å². The van der Waals surface area contributed by atoms with Crippen LogP contribution in [0, 0.1) is 5.41 Å². The third-order valence-electron chi connectivity index (χ3n) is 4.61. The lowest BCUT2D eigenvalue weighted by Crippen LogP contribution is -2.29. The molecule has 0 radical (unpaired) electrons. The highest BCUT2D eigenvalue weighted by molar-refractivity contribution is 5.45. The van der Waals surface area contributed by atoms with Gasteiger partial charge in [0.1, 0.15) is 5.75 Å². The highest BCUT2D eigenvalue weighted by Gasteiger charge is 2.46. The maximum Gasteiger partial charge on any atom is 0.127 e. The van der Waals surface area contributed by atoms with Gasteiger partial charge in [-0.25, -0.2) is 0 Å². The van der Waals surface area contributed by atoms with Crippen molar-refractivity contribution in [3.05, 3.63) is 29.3 Å². The van der Waals surface area contributed by atoms with E-state index in [9.17, 15) is 0 Å². The van der Waals surface area contributed by atoms with E-state index in [1.807, 2.05) is 0 Å². The number of benzene rings is 1. The molecule has 1 unspecified atom stereocenters. The summed E-state index contributed by atoms with van der Waals surface area (Å²) in [5.41, 5.74) is 3.23. The first kappa shape index (κ1) is 13.0. The summed E-state index contributed by atoms with van der Waals surface area (Å²) in [5.74, 6) is 1.18. The van der Waals surface area contributed by atoms with Crippen molar-refractivity contribution in [2.75, 3.05) is 13.2 Å². The number of rotatable bonds is 5. The van der Waals surface area contributed by atoms with Crippen molar-refractivity contribution in [1.82, 2.24) is 5.32 Å². The maximum atomic E-state index is 6.00. The molecule has 1 N–H and O–H groups in total. The SMILES string of the molecule is CCCNC(c1cccc2c1OCCC2)C1(C)CC1. The summed E-state index contributed by atoms with van der Waals surface area (Å²) in [6.07, 6.45) is 6.17. The third kappa shape index (κ3) is 2.51. The molecule has 1 aliphatic heterocycles. The van der Waals surface area contributed by atoms with E-state index >= 15 is 0 Å². The normalized spacial score (nSPS) is 21.4. The Bertz CT molecular complexity index is 451. The third-order valence-corrected chi connectivity index (χ3v) is 4.61. The quantitative estimate of drug-likeness (QED) is 0.867. The molecule has 0 saturated heterocycles. The zero-order valence-corrected chi connectivity index (χ0v) is 12.2. The first-order chi connectivity index (χ1) is 9.24. The minimum atomic E-state index is 0.436. The number of fused-ring (bicyclic) bond motifs is 1. The lowest BCUT2D eigenvalue weighted by Gasteiger charge is -2.30. The summed E-state index contributed by atoms with van der Waals surface area (Å²) >= 11 is 0. The van der Waals surface area contributed by atoms with E-state index in [0.717, 1.165) is 19.6 Å². The lowest BCUT2D eigenvalue weighted by atomic mass is 9.88. The number of nitrogens with one attached hydrogen (secondary N) is 1. The van der Waals surface area contributed by atoms with Crippen LogP contribution in [0.1, 0.15) is 56.7 Å². The first-order valence-electron chi connectivity index (χ1n) is 7.72. The molecule has 1 aromatic carbocycles. The summed E-state index contributed by atoms with van der Waals surface area (Å²) in [4.78, 5) is 0. The largest absolute Gasteiger partial charge is 0.493 e. The van der Waals surface area contributed by atoms with Crippen LogP contribution in [0.5, 0.6) is 5.75 Å². The Balaban J connectivity index is 1.93. The van der Waals surface area contributed by atoms with Crippen LogP contribution in [0.15, 0.2) is 18.2 Å². The van der Waals surface area contributed by atoms with Crippen LogP contribution in [-0.4, -0.2) is 13.2 Å². The van der Waals surface area contributed by atoms with Crippen molar-refractivity contribution >= 4 is 0 Å². The first-order valence-corrected chi connectivity index (χ1v) is 7.72. The maximum absolute atomic E-state index is 6.00. The molecule has 2 heteroatoms. The van der Waals surface area contributed by atoms with Crippen LogP contribution in [0.3, 0.4) is 0 Å². The molecule has 1 saturated carbocycles. The number of aryl methyl sites for hydroxylation is 1. The van der Waals surface area contributed by atoms with Crippen molar-refractivity contribution in [2.24, 2.45) is 5.41 Å². The highest BCUT2D eigenvalue weighted by Crippen LogP contribution is 2.56. The average molecular weight is 259 g/mol. The minimum Gasteiger partial charge on any atom is -0.493 e. The van der Waals surface area contributed by atoms with E-state index in [4.69, 9.17) is 4.74 Å². The van der Waals surface area contributed by atoms with E-state index in [2.05, 4.69) is 37.4 Å². The molecule has 104 valence electrons. The molecule has 2 aliphatic rings. The van der Waals surface area contributed by atoms with E-state index < -0.39 is 0 Å². The van der Waals surface area contributed by atoms with Gasteiger partial charge in [0.15, 0.2) is 0 Å². The molecule has 0 bridgehead atoms. The Hall–Kier alpha value is -1.02. The Morgan fingerprint density at radius 1 is 1.37 bits per heavy atom. The molecule has 1 aromatic rings. The average Bonchev–Trinajstić information content (AvgIpc) is 3.18. The van der Waals surface area contributed by atoms with Gasteiger partial charge in [-0.1, -0.05) is 32.0 Å². The van der Waals surface area contributed by atoms with Crippen LogP contribution in [-0.2, 0) is 6.42 Å².